The predicted molar refractivity (Wildman–Crippen MR) is 74.0 cm³/mol. The van der Waals surface area contributed by atoms with Crippen LogP contribution in [0.25, 0.3) is 0 Å². The highest BCUT2D eigenvalue weighted by molar-refractivity contribution is 7.09. The number of nitrogens with zero attached hydrogens (tertiary/aromatic N) is 1. The standard InChI is InChI=1S/C13H15N3OS/c1-9-5-10(14-2)3-4-12(9)13(17)16-7-11-6-15-8-18-11/h3-6,8,14H,7H2,1-2H3,(H,16,17). The molecule has 1 heterocycles. The zero-order chi connectivity index (χ0) is 13.0. The van der Waals surface area contributed by atoms with Gasteiger partial charge in [0, 0.05) is 29.4 Å². The highest BCUT2D eigenvalue weighted by atomic mass is 32.1. The maximum atomic E-state index is 12.0. The van der Waals surface area contributed by atoms with E-state index in [1.54, 1.807) is 11.7 Å². The van der Waals surface area contributed by atoms with Crippen LogP contribution in [0, 0.1) is 6.92 Å². The Labute approximate surface area is 110 Å². The van der Waals surface area contributed by atoms with Gasteiger partial charge in [-0.25, -0.2) is 0 Å². The molecule has 4 nitrogen and oxygen atoms in total. The molecule has 0 bridgehead atoms. The van der Waals surface area contributed by atoms with Gasteiger partial charge in [0.2, 0.25) is 0 Å². The number of aromatic nitrogens is 1. The first-order valence-corrected chi connectivity index (χ1v) is 6.52. The fraction of sp³-hybridized carbons (Fsp3) is 0.231. The predicted octanol–water partition coefficient (Wildman–Crippen LogP) is 2.42. The Hall–Kier alpha value is -1.88. The summed E-state index contributed by atoms with van der Waals surface area (Å²) in [6, 6.07) is 5.69. The highest BCUT2D eigenvalue weighted by Crippen LogP contribution is 2.15. The van der Waals surface area contributed by atoms with E-state index in [2.05, 4.69) is 15.6 Å². The van der Waals surface area contributed by atoms with E-state index < -0.39 is 0 Å². The SMILES string of the molecule is CNc1ccc(C(=O)NCc2cncs2)c(C)c1. The van der Waals surface area contributed by atoms with Gasteiger partial charge in [-0.1, -0.05) is 0 Å². The number of rotatable bonds is 4. The van der Waals surface area contributed by atoms with Crippen LogP contribution >= 0.6 is 11.3 Å². The van der Waals surface area contributed by atoms with Crippen LogP contribution in [-0.4, -0.2) is 17.9 Å². The summed E-state index contributed by atoms with van der Waals surface area (Å²) in [6.45, 7) is 2.46. The molecule has 18 heavy (non-hydrogen) atoms. The number of thiazole rings is 1. The summed E-state index contributed by atoms with van der Waals surface area (Å²) in [5, 5.41) is 5.94. The van der Waals surface area contributed by atoms with Crippen molar-refractivity contribution in [2.24, 2.45) is 0 Å². The molecule has 94 valence electrons. The lowest BCUT2D eigenvalue weighted by molar-refractivity contribution is 0.0950. The Morgan fingerprint density at radius 3 is 2.89 bits per heavy atom. The summed E-state index contributed by atoms with van der Waals surface area (Å²) in [4.78, 5) is 17.0. The maximum absolute atomic E-state index is 12.0. The second-order valence-electron chi connectivity index (χ2n) is 3.93. The highest BCUT2D eigenvalue weighted by Gasteiger charge is 2.09. The van der Waals surface area contributed by atoms with Crippen molar-refractivity contribution in [3.05, 3.63) is 45.9 Å². The monoisotopic (exact) mass is 261 g/mol. The molecule has 0 fully saturated rings. The minimum atomic E-state index is -0.0523. The number of carbonyl (C=O) groups excluding carboxylic acids is 1. The Morgan fingerprint density at radius 2 is 2.28 bits per heavy atom. The molecule has 1 amide bonds. The molecule has 0 atom stereocenters. The van der Waals surface area contributed by atoms with Crippen LogP contribution in [0.15, 0.2) is 29.9 Å². The van der Waals surface area contributed by atoms with Crippen LogP contribution in [0.1, 0.15) is 20.8 Å². The van der Waals surface area contributed by atoms with Crippen LogP contribution in [0.3, 0.4) is 0 Å². The van der Waals surface area contributed by atoms with Crippen molar-refractivity contribution in [1.82, 2.24) is 10.3 Å². The molecule has 2 N–H and O–H groups in total. The Kier molecular flexibility index (Phi) is 3.94. The average Bonchev–Trinajstić information content (AvgIpc) is 2.88. The molecule has 5 heteroatoms. The van der Waals surface area contributed by atoms with E-state index in [4.69, 9.17) is 0 Å². The first-order valence-electron chi connectivity index (χ1n) is 5.64. The van der Waals surface area contributed by atoms with Gasteiger partial charge < -0.3 is 10.6 Å². The Balaban J connectivity index is 2.04. The summed E-state index contributed by atoms with van der Waals surface area (Å²) in [7, 11) is 1.86. The first-order chi connectivity index (χ1) is 8.70. The van der Waals surface area contributed by atoms with Crippen molar-refractivity contribution in [3.63, 3.8) is 0 Å². The molecule has 0 radical (unpaired) electrons. The van der Waals surface area contributed by atoms with Crippen LogP contribution in [0.4, 0.5) is 5.69 Å². The van der Waals surface area contributed by atoms with Crippen molar-refractivity contribution >= 4 is 22.9 Å². The molecule has 2 rings (SSSR count). The first kappa shape index (κ1) is 12.6. The van der Waals surface area contributed by atoms with E-state index in [1.807, 2.05) is 32.2 Å². The Bertz CT molecular complexity index is 537. The van der Waals surface area contributed by atoms with Crippen molar-refractivity contribution < 1.29 is 4.79 Å². The molecule has 0 aliphatic carbocycles. The lowest BCUT2D eigenvalue weighted by Gasteiger charge is -2.08. The van der Waals surface area contributed by atoms with Crippen LogP contribution in [0.5, 0.6) is 0 Å². The third kappa shape index (κ3) is 2.87. The molecular weight excluding hydrogens is 246 g/mol. The fourth-order valence-electron chi connectivity index (χ4n) is 1.67. The van der Waals surface area contributed by atoms with Crippen LogP contribution in [-0.2, 0) is 6.54 Å². The molecular formula is C13H15N3OS. The summed E-state index contributed by atoms with van der Waals surface area (Å²) in [5.41, 5.74) is 4.43. The normalized spacial score (nSPS) is 10.1. The van der Waals surface area contributed by atoms with Gasteiger partial charge in [0.1, 0.15) is 0 Å². The number of aryl methyl sites for hydroxylation is 1. The number of hydrogen-bond donors (Lipinski definition) is 2. The molecule has 0 aliphatic heterocycles. The van der Waals surface area contributed by atoms with Crippen LogP contribution in [0.2, 0.25) is 0 Å². The van der Waals surface area contributed by atoms with Crippen molar-refractivity contribution in [1.29, 1.82) is 0 Å². The van der Waals surface area contributed by atoms with Crippen LogP contribution < -0.4 is 10.6 Å². The number of amides is 1. The summed E-state index contributed by atoms with van der Waals surface area (Å²) in [6.07, 6.45) is 1.77. The summed E-state index contributed by atoms with van der Waals surface area (Å²) >= 11 is 1.53. The number of hydrogen-bond acceptors (Lipinski definition) is 4. The largest absolute Gasteiger partial charge is 0.388 e. The summed E-state index contributed by atoms with van der Waals surface area (Å²) in [5.74, 6) is -0.0523. The van der Waals surface area contributed by atoms with E-state index >= 15 is 0 Å². The third-order valence-corrected chi connectivity index (χ3v) is 3.45. The van der Waals surface area contributed by atoms with E-state index in [9.17, 15) is 4.79 Å². The minimum Gasteiger partial charge on any atom is -0.388 e. The second-order valence-corrected chi connectivity index (χ2v) is 4.90. The van der Waals surface area contributed by atoms with E-state index in [1.165, 1.54) is 11.3 Å². The molecule has 0 unspecified atom stereocenters. The van der Waals surface area contributed by atoms with Gasteiger partial charge in [0.25, 0.3) is 5.91 Å². The van der Waals surface area contributed by atoms with Gasteiger partial charge in [0.05, 0.1) is 12.1 Å². The zero-order valence-corrected chi connectivity index (χ0v) is 11.2. The van der Waals surface area contributed by atoms with Gasteiger partial charge in [-0.05, 0) is 30.7 Å². The quantitative estimate of drug-likeness (QED) is 0.888. The van der Waals surface area contributed by atoms with Crippen molar-refractivity contribution in [2.45, 2.75) is 13.5 Å². The molecule has 1 aromatic carbocycles. The van der Waals surface area contributed by atoms with Gasteiger partial charge in [-0.15, -0.1) is 11.3 Å². The lowest BCUT2D eigenvalue weighted by Crippen LogP contribution is -2.23. The number of benzene rings is 1. The van der Waals surface area contributed by atoms with Gasteiger partial charge in [-0.3, -0.25) is 9.78 Å². The molecule has 2 aromatic rings. The average molecular weight is 261 g/mol. The van der Waals surface area contributed by atoms with E-state index in [0.29, 0.717) is 12.1 Å². The van der Waals surface area contributed by atoms with E-state index in [0.717, 1.165) is 16.1 Å². The minimum absolute atomic E-state index is 0.0523. The Morgan fingerprint density at radius 1 is 1.44 bits per heavy atom. The van der Waals surface area contributed by atoms with Crippen molar-refractivity contribution in [2.75, 3.05) is 12.4 Å². The van der Waals surface area contributed by atoms with Gasteiger partial charge in [-0.2, -0.15) is 0 Å². The molecule has 1 aromatic heterocycles. The molecule has 0 saturated carbocycles. The van der Waals surface area contributed by atoms with Crippen molar-refractivity contribution in [3.8, 4) is 0 Å². The van der Waals surface area contributed by atoms with Gasteiger partial charge in [0.15, 0.2) is 0 Å². The number of nitrogens with one attached hydrogen (secondary N) is 2. The summed E-state index contributed by atoms with van der Waals surface area (Å²) < 4.78 is 0. The molecule has 0 saturated heterocycles. The molecule has 0 spiro atoms. The molecule has 0 aliphatic rings. The van der Waals surface area contributed by atoms with Gasteiger partial charge >= 0.3 is 0 Å². The maximum Gasteiger partial charge on any atom is 0.251 e. The zero-order valence-electron chi connectivity index (χ0n) is 10.4. The van der Waals surface area contributed by atoms with E-state index in [-0.39, 0.29) is 5.91 Å². The number of anilines is 1. The fourth-order valence-corrected chi connectivity index (χ4v) is 2.20. The smallest absolute Gasteiger partial charge is 0.251 e. The lowest BCUT2D eigenvalue weighted by atomic mass is 10.1. The number of carbonyl (C=O) groups is 1. The third-order valence-electron chi connectivity index (χ3n) is 2.67. The second kappa shape index (κ2) is 5.64. The topological polar surface area (TPSA) is 54.0 Å².